The average Bonchev–Trinajstić information content (AvgIpc) is 2.60. The lowest BCUT2D eigenvalue weighted by molar-refractivity contribution is -0.132. The Kier molecular flexibility index (Phi) is 5.89. The van der Waals surface area contributed by atoms with E-state index >= 15 is 0 Å². The van der Waals surface area contributed by atoms with Crippen molar-refractivity contribution in [1.29, 1.82) is 0 Å². The van der Waals surface area contributed by atoms with Gasteiger partial charge < -0.3 is 23.7 Å². The topological polar surface area (TPSA) is 97.4 Å². The fraction of sp³-hybridized carbons (Fsp3) is 0.316. The first-order valence-corrected chi connectivity index (χ1v) is 7.92. The van der Waals surface area contributed by atoms with Gasteiger partial charge in [0.15, 0.2) is 23.0 Å². The van der Waals surface area contributed by atoms with Gasteiger partial charge in [-0.05, 0) is 13.0 Å². The second kappa shape index (κ2) is 7.94. The number of esters is 2. The van der Waals surface area contributed by atoms with Gasteiger partial charge in [0.05, 0.1) is 37.7 Å². The van der Waals surface area contributed by atoms with E-state index in [2.05, 4.69) is 0 Å². The summed E-state index contributed by atoms with van der Waals surface area (Å²) in [6.45, 7) is 3.78. The Balaban J connectivity index is 3.13. The molecule has 0 aliphatic heterocycles. The molecule has 0 heterocycles. The van der Waals surface area contributed by atoms with E-state index in [9.17, 15) is 14.4 Å². The highest BCUT2D eigenvalue weighted by Crippen LogP contribution is 2.50. The van der Waals surface area contributed by atoms with Gasteiger partial charge in [0.2, 0.25) is 0 Å². The van der Waals surface area contributed by atoms with Crippen LogP contribution in [-0.4, -0.2) is 39.1 Å². The summed E-state index contributed by atoms with van der Waals surface area (Å²) in [4.78, 5) is 35.4. The van der Waals surface area contributed by atoms with Crippen molar-refractivity contribution in [3.63, 3.8) is 0 Å². The highest BCUT2D eigenvalue weighted by molar-refractivity contribution is 6.12. The molecular formula is C19H20O8. The molecule has 144 valence electrons. The number of fused-ring (bicyclic) bond motifs is 1. The molecule has 0 spiro atoms. The van der Waals surface area contributed by atoms with Crippen molar-refractivity contribution in [3.05, 3.63) is 17.7 Å². The van der Waals surface area contributed by atoms with Crippen LogP contribution in [0.25, 0.3) is 10.8 Å². The number of ketones is 1. The molecule has 0 N–H and O–H groups in total. The summed E-state index contributed by atoms with van der Waals surface area (Å²) in [5, 5.41) is 0.513. The normalized spacial score (nSPS) is 10.3. The van der Waals surface area contributed by atoms with E-state index in [-0.39, 0.29) is 50.9 Å². The number of benzene rings is 2. The fourth-order valence-corrected chi connectivity index (χ4v) is 2.71. The van der Waals surface area contributed by atoms with Crippen LogP contribution in [0.4, 0.5) is 0 Å². The summed E-state index contributed by atoms with van der Waals surface area (Å²) in [5.74, 6) is -0.854. The quantitative estimate of drug-likeness (QED) is 0.431. The highest BCUT2D eigenvalue weighted by atomic mass is 16.6. The van der Waals surface area contributed by atoms with Crippen LogP contribution in [0, 0.1) is 0 Å². The van der Waals surface area contributed by atoms with Gasteiger partial charge in [-0.2, -0.15) is 0 Å². The van der Waals surface area contributed by atoms with Crippen LogP contribution in [0.2, 0.25) is 0 Å². The first-order valence-electron chi connectivity index (χ1n) is 7.92. The van der Waals surface area contributed by atoms with Crippen molar-refractivity contribution in [3.8, 4) is 28.7 Å². The number of Topliss-reactive ketones (excluding diaryl/α,β-unsaturated/α-hetero) is 1. The van der Waals surface area contributed by atoms with Gasteiger partial charge >= 0.3 is 11.9 Å². The number of hydrogen-bond donors (Lipinski definition) is 0. The lowest BCUT2D eigenvalue weighted by Crippen LogP contribution is -2.10. The zero-order valence-electron chi connectivity index (χ0n) is 15.9. The van der Waals surface area contributed by atoms with Crippen molar-refractivity contribution in [1.82, 2.24) is 0 Å². The van der Waals surface area contributed by atoms with E-state index in [1.165, 1.54) is 54.2 Å². The van der Waals surface area contributed by atoms with Gasteiger partial charge in [-0.15, -0.1) is 0 Å². The zero-order chi connectivity index (χ0) is 20.3. The van der Waals surface area contributed by atoms with Gasteiger partial charge in [-0.3, -0.25) is 14.4 Å². The van der Waals surface area contributed by atoms with Crippen LogP contribution >= 0.6 is 0 Å². The molecule has 0 unspecified atom stereocenters. The minimum Gasteiger partial charge on any atom is -0.496 e. The predicted octanol–water partition coefficient (Wildman–Crippen LogP) is 2.92. The lowest BCUT2D eigenvalue weighted by atomic mass is 9.99. The molecule has 0 bridgehead atoms. The molecule has 0 saturated carbocycles. The Morgan fingerprint density at radius 1 is 0.667 bits per heavy atom. The molecule has 2 aromatic carbocycles. The number of rotatable bonds is 6. The van der Waals surface area contributed by atoms with Gasteiger partial charge in [-0.25, -0.2) is 0 Å². The van der Waals surface area contributed by atoms with Crippen molar-refractivity contribution < 1.29 is 38.1 Å². The molecular weight excluding hydrogens is 356 g/mol. The standard InChI is InChI=1S/C19H20O8/c1-9(20)12-7-13(23-4)17-16(18(12)26-10(2)21)14(24-5)8-15(25-6)19(17)27-11(3)22/h7-8H,1-6H3. The molecule has 2 aromatic rings. The molecule has 8 heteroatoms. The maximum atomic E-state index is 12.1. The number of ether oxygens (including phenoxy) is 5. The summed E-state index contributed by atoms with van der Waals surface area (Å²) < 4.78 is 26.8. The molecule has 27 heavy (non-hydrogen) atoms. The molecule has 0 radical (unpaired) electrons. The van der Waals surface area contributed by atoms with Crippen LogP contribution in [0.15, 0.2) is 12.1 Å². The van der Waals surface area contributed by atoms with E-state index in [1.807, 2.05) is 0 Å². The Morgan fingerprint density at radius 3 is 1.56 bits per heavy atom. The predicted molar refractivity (Wildman–Crippen MR) is 96.2 cm³/mol. The summed E-state index contributed by atoms with van der Waals surface area (Å²) in [7, 11) is 4.20. The third kappa shape index (κ3) is 3.79. The minimum absolute atomic E-state index is 0.0151. The van der Waals surface area contributed by atoms with Crippen molar-refractivity contribution >= 4 is 28.5 Å². The second-order valence-electron chi connectivity index (χ2n) is 5.56. The van der Waals surface area contributed by atoms with E-state index in [1.54, 1.807) is 0 Å². The molecule has 0 aromatic heterocycles. The fourth-order valence-electron chi connectivity index (χ4n) is 2.71. The minimum atomic E-state index is -0.629. The largest absolute Gasteiger partial charge is 0.496 e. The zero-order valence-corrected chi connectivity index (χ0v) is 15.9. The number of carbonyl (C=O) groups excluding carboxylic acids is 3. The van der Waals surface area contributed by atoms with E-state index < -0.39 is 11.9 Å². The van der Waals surface area contributed by atoms with Crippen LogP contribution in [0.1, 0.15) is 31.1 Å². The summed E-state index contributed by atoms with van der Waals surface area (Å²) >= 11 is 0. The summed E-state index contributed by atoms with van der Waals surface area (Å²) in [5.41, 5.74) is 0.117. The van der Waals surface area contributed by atoms with Crippen LogP contribution < -0.4 is 23.7 Å². The van der Waals surface area contributed by atoms with Crippen LogP contribution in [0.5, 0.6) is 28.7 Å². The second-order valence-corrected chi connectivity index (χ2v) is 5.56. The van der Waals surface area contributed by atoms with Crippen LogP contribution in [0.3, 0.4) is 0 Å². The number of methoxy groups -OCH3 is 3. The molecule has 0 aliphatic rings. The summed E-state index contributed by atoms with van der Waals surface area (Å²) in [6.07, 6.45) is 0. The first kappa shape index (κ1) is 20.0. The molecule has 2 rings (SSSR count). The monoisotopic (exact) mass is 376 g/mol. The number of hydrogen-bond acceptors (Lipinski definition) is 8. The Bertz CT molecular complexity index is 929. The average molecular weight is 376 g/mol. The maximum Gasteiger partial charge on any atom is 0.308 e. The molecule has 0 atom stereocenters. The number of carbonyl (C=O) groups is 3. The van der Waals surface area contributed by atoms with Crippen molar-refractivity contribution in [2.75, 3.05) is 21.3 Å². The van der Waals surface area contributed by atoms with Crippen LogP contribution in [-0.2, 0) is 9.59 Å². The van der Waals surface area contributed by atoms with Gasteiger partial charge in [0.25, 0.3) is 0 Å². The highest BCUT2D eigenvalue weighted by Gasteiger charge is 2.27. The Hall–Kier alpha value is -3.29. The lowest BCUT2D eigenvalue weighted by Gasteiger charge is -2.20. The van der Waals surface area contributed by atoms with Crippen molar-refractivity contribution in [2.24, 2.45) is 0 Å². The molecule has 0 aliphatic carbocycles. The molecule has 0 amide bonds. The third-order valence-corrected chi connectivity index (χ3v) is 3.73. The third-order valence-electron chi connectivity index (χ3n) is 3.73. The maximum absolute atomic E-state index is 12.1. The van der Waals surface area contributed by atoms with Gasteiger partial charge in [0, 0.05) is 19.9 Å². The smallest absolute Gasteiger partial charge is 0.308 e. The summed E-state index contributed by atoms with van der Waals surface area (Å²) in [6, 6.07) is 2.88. The molecule has 8 nitrogen and oxygen atoms in total. The van der Waals surface area contributed by atoms with Gasteiger partial charge in [-0.1, -0.05) is 0 Å². The first-order chi connectivity index (χ1) is 12.7. The molecule has 0 fully saturated rings. The molecule has 0 saturated heterocycles. The van der Waals surface area contributed by atoms with Gasteiger partial charge in [0.1, 0.15) is 11.5 Å². The Morgan fingerprint density at radius 2 is 1.11 bits per heavy atom. The SMILES string of the molecule is COc1cc(OC)c2c(OC(C)=O)c(C(C)=O)cc(OC)c2c1OC(C)=O. The van der Waals surface area contributed by atoms with E-state index in [4.69, 9.17) is 23.7 Å². The van der Waals surface area contributed by atoms with E-state index in [0.29, 0.717) is 0 Å². The van der Waals surface area contributed by atoms with E-state index in [0.717, 1.165) is 0 Å². The Labute approximate surface area is 155 Å². The van der Waals surface area contributed by atoms with Crippen molar-refractivity contribution in [2.45, 2.75) is 20.8 Å².